The number of carbonyl (C=O) groups is 1. The molecule has 3 heteroatoms. The number of aryl methyl sites for hydroxylation is 1. The zero-order valence-electron chi connectivity index (χ0n) is 13.5. The van der Waals surface area contributed by atoms with E-state index in [9.17, 15) is 4.79 Å². The van der Waals surface area contributed by atoms with E-state index in [1.165, 1.54) is 5.56 Å². The first-order valence-electron chi connectivity index (χ1n) is 7.81. The van der Waals surface area contributed by atoms with Gasteiger partial charge < -0.3 is 10.6 Å². The summed E-state index contributed by atoms with van der Waals surface area (Å²) in [6.07, 6.45) is 1.02. The molecule has 2 rings (SSSR count). The highest BCUT2D eigenvalue weighted by Crippen LogP contribution is 2.13. The second-order valence-electron chi connectivity index (χ2n) is 5.56. The second kappa shape index (κ2) is 7.64. The van der Waals surface area contributed by atoms with Crippen LogP contribution in [0.15, 0.2) is 54.6 Å². The molecule has 0 radical (unpaired) electrons. The zero-order chi connectivity index (χ0) is 15.9. The molecule has 2 atom stereocenters. The molecule has 22 heavy (non-hydrogen) atoms. The lowest BCUT2D eigenvalue weighted by Crippen LogP contribution is -2.38. The summed E-state index contributed by atoms with van der Waals surface area (Å²) in [7, 11) is 0. The van der Waals surface area contributed by atoms with Crippen LogP contribution in [0.25, 0.3) is 0 Å². The molecule has 3 nitrogen and oxygen atoms in total. The lowest BCUT2D eigenvalue weighted by molar-refractivity contribution is -0.122. The number of hydrogen-bond acceptors (Lipinski definition) is 2. The Kier molecular flexibility index (Phi) is 5.59. The van der Waals surface area contributed by atoms with Crippen molar-refractivity contribution in [3.05, 3.63) is 65.7 Å². The number of hydrogen-bond donors (Lipinski definition) is 2. The second-order valence-corrected chi connectivity index (χ2v) is 5.56. The first kappa shape index (κ1) is 16.1. The average Bonchev–Trinajstić information content (AvgIpc) is 2.56. The van der Waals surface area contributed by atoms with Crippen LogP contribution in [0.2, 0.25) is 0 Å². The largest absolute Gasteiger partial charge is 0.374 e. The minimum atomic E-state index is -0.279. The molecular weight excluding hydrogens is 272 g/mol. The van der Waals surface area contributed by atoms with Crippen molar-refractivity contribution in [1.82, 2.24) is 5.32 Å². The quantitative estimate of drug-likeness (QED) is 0.848. The molecule has 0 saturated carbocycles. The predicted octanol–water partition coefficient (Wildman–Crippen LogP) is 3.93. The lowest BCUT2D eigenvalue weighted by atomic mass is 10.1. The van der Waals surface area contributed by atoms with E-state index in [0.29, 0.717) is 0 Å². The number of benzene rings is 2. The zero-order valence-corrected chi connectivity index (χ0v) is 13.5. The van der Waals surface area contributed by atoms with E-state index in [-0.39, 0.29) is 18.0 Å². The van der Waals surface area contributed by atoms with Gasteiger partial charge in [-0.2, -0.15) is 0 Å². The third-order valence-electron chi connectivity index (χ3n) is 3.80. The summed E-state index contributed by atoms with van der Waals surface area (Å²) < 4.78 is 0. The molecule has 0 aliphatic carbocycles. The van der Waals surface area contributed by atoms with Gasteiger partial charge in [0.1, 0.15) is 6.04 Å². The van der Waals surface area contributed by atoms with Gasteiger partial charge in [0.05, 0.1) is 6.04 Å². The third kappa shape index (κ3) is 4.35. The van der Waals surface area contributed by atoms with Gasteiger partial charge in [-0.05, 0) is 43.5 Å². The van der Waals surface area contributed by atoms with Crippen LogP contribution in [-0.4, -0.2) is 11.9 Å². The summed E-state index contributed by atoms with van der Waals surface area (Å²) >= 11 is 0. The normalized spacial score (nSPS) is 13.2. The van der Waals surface area contributed by atoms with Crippen molar-refractivity contribution < 1.29 is 4.79 Å². The highest BCUT2D eigenvalue weighted by atomic mass is 16.2. The molecule has 0 aliphatic heterocycles. The molecular formula is C19H24N2O. The molecule has 2 aromatic rings. The summed E-state index contributed by atoms with van der Waals surface area (Å²) in [6, 6.07) is 17.9. The van der Waals surface area contributed by atoms with Crippen molar-refractivity contribution in [3.8, 4) is 0 Å². The molecule has 2 aromatic carbocycles. The Morgan fingerprint density at radius 1 is 1.00 bits per heavy atom. The topological polar surface area (TPSA) is 41.1 Å². The maximum absolute atomic E-state index is 12.3. The van der Waals surface area contributed by atoms with Gasteiger partial charge >= 0.3 is 0 Å². The summed E-state index contributed by atoms with van der Waals surface area (Å²) in [4.78, 5) is 12.3. The van der Waals surface area contributed by atoms with Crippen molar-refractivity contribution in [2.75, 3.05) is 5.32 Å². The molecule has 0 saturated heterocycles. The minimum absolute atomic E-state index is 0.000386. The molecule has 0 bridgehead atoms. The van der Waals surface area contributed by atoms with Crippen LogP contribution < -0.4 is 10.6 Å². The Balaban J connectivity index is 1.91. The minimum Gasteiger partial charge on any atom is -0.374 e. The van der Waals surface area contributed by atoms with E-state index >= 15 is 0 Å². The van der Waals surface area contributed by atoms with Gasteiger partial charge in [-0.25, -0.2) is 0 Å². The number of carbonyl (C=O) groups excluding carboxylic acids is 1. The van der Waals surface area contributed by atoms with Gasteiger partial charge in [0.2, 0.25) is 5.91 Å². The van der Waals surface area contributed by atoms with Crippen molar-refractivity contribution in [2.45, 2.75) is 39.3 Å². The molecule has 0 spiro atoms. The van der Waals surface area contributed by atoms with E-state index in [0.717, 1.165) is 17.7 Å². The van der Waals surface area contributed by atoms with Crippen LogP contribution in [-0.2, 0) is 11.2 Å². The molecule has 0 heterocycles. The fourth-order valence-corrected chi connectivity index (χ4v) is 2.32. The smallest absolute Gasteiger partial charge is 0.242 e. The van der Waals surface area contributed by atoms with E-state index in [1.54, 1.807) is 0 Å². The Bertz CT molecular complexity index is 593. The van der Waals surface area contributed by atoms with E-state index in [4.69, 9.17) is 0 Å². The van der Waals surface area contributed by atoms with Crippen LogP contribution in [0, 0.1) is 0 Å². The van der Waals surface area contributed by atoms with Crippen molar-refractivity contribution in [3.63, 3.8) is 0 Å². The van der Waals surface area contributed by atoms with Crippen molar-refractivity contribution in [1.29, 1.82) is 0 Å². The fourth-order valence-electron chi connectivity index (χ4n) is 2.32. The third-order valence-corrected chi connectivity index (χ3v) is 3.80. The van der Waals surface area contributed by atoms with Gasteiger partial charge in [0.15, 0.2) is 0 Å². The molecule has 2 N–H and O–H groups in total. The van der Waals surface area contributed by atoms with Crippen LogP contribution in [0.1, 0.15) is 37.9 Å². The molecule has 0 unspecified atom stereocenters. The number of anilines is 1. The molecule has 116 valence electrons. The van der Waals surface area contributed by atoms with Gasteiger partial charge in [-0.3, -0.25) is 4.79 Å². The Hall–Kier alpha value is -2.29. The molecule has 0 aromatic heterocycles. The van der Waals surface area contributed by atoms with Crippen LogP contribution in [0.5, 0.6) is 0 Å². The predicted molar refractivity (Wildman–Crippen MR) is 91.9 cm³/mol. The van der Waals surface area contributed by atoms with Crippen LogP contribution in [0.3, 0.4) is 0 Å². The first-order valence-corrected chi connectivity index (χ1v) is 7.81. The summed E-state index contributed by atoms with van der Waals surface area (Å²) in [5.74, 6) is -0.00378. The maximum Gasteiger partial charge on any atom is 0.242 e. The van der Waals surface area contributed by atoms with Gasteiger partial charge in [-0.1, -0.05) is 49.4 Å². The SMILES string of the molecule is CCc1ccc(N[C@H](C)C(=O)N[C@@H](C)c2ccccc2)cc1. The lowest BCUT2D eigenvalue weighted by Gasteiger charge is -2.19. The standard InChI is InChI=1S/C19H24N2O/c1-4-16-10-12-18(13-11-16)20-15(3)19(22)21-14(2)17-8-6-5-7-9-17/h5-15,20H,4H2,1-3H3,(H,21,22)/t14-,15+/m0/s1. The Morgan fingerprint density at radius 3 is 2.23 bits per heavy atom. The summed E-state index contributed by atoms with van der Waals surface area (Å²) in [6.45, 7) is 6.00. The molecule has 0 fully saturated rings. The van der Waals surface area contributed by atoms with Crippen LogP contribution >= 0.6 is 0 Å². The fraction of sp³-hybridized carbons (Fsp3) is 0.316. The first-order chi connectivity index (χ1) is 10.6. The van der Waals surface area contributed by atoms with Crippen LogP contribution in [0.4, 0.5) is 5.69 Å². The van der Waals surface area contributed by atoms with Gasteiger partial charge in [0.25, 0.3) is 0 Å². The van der Waals surface area contributed by atoms with E-state index < -0.39 is 0 Å². The maximum atomic E-state index is 12.3. The number of nitrogens with one attached hydrogen (secondary N) is 2. The highest BCUT2D eigenvalue weighted by molar-refractivity contribution is 5.84. The monoisotopic (exact) mass is 296 g/mol. The van der Waals surface area contributed by atoms with Crippen molar-refractivity contribution >= 4 is 11.6 Å². The molecule has 1 amide bonds. The highest BCUT2D eigenvalue weighted by Gasteiger charge is 2.15. The van der Waals surface area contributed by atoms with E-state index in [1.807, 2.05) is 56.3 Å². The number of rotatable bonds is 6. The summed E-state index contributed by atoms with van der Waals surface area (Å²) in [5, 5.41) is 6.28. The number of amides is 1. The molecule has 0 aliphatic rings. The van der Waals surface area contributed by atoms with Gasteiger partial charge in [0, 0.05) is 5.69 Å². The average molecular weight is 296 g/mol. The Morgan fingerprint density at radius 2 is 1.64 bits per heavy atom. The Labute approximate surface area is 132 Å². The summed E-state index contributed by atoms with van der Waals surface area (Å²) in [5.41, 5.74) is 3.36. The van der Waals surface area contributed by atoms with Crippen molar-refractivity contribution in [2.24, 2.45) is 0 Å². The van der Waals surface area contributed by atoms with E-state index in [2.05, 4.69) is 29.7 Å². The van der Waals surface area contributed by atoms with Gasteiger partial charge in [-0.15, -0.1) is 0 Å².